The van der Waals surface area contributed by atoms with Gasteiger partial charge in [-0.15, -0.1) is 0 Å². The zero-order valence-corrected chi connectivity index (χ0v) is 15.1. The maximum absolute atomic E-state index is 14.5. The zero-order valence-electron chi connectivity index (χ0n) is 13.5. The number of ether oxygens (including phenoxy) is 1. The van der Waals surface area contributed by atoms with E-state index in [9.17, 15) is 9.18 Å². The van der Waals surface area contributed by atoms with Crippen LogP contribution in [0.15, 0.2) is 18.2 Å². The number of thioether (sulfide) groups is 1. The van der Waals surface area contributed by atoms with Gasteiger partial charge in [0.15, 0.2) is 0 Å². The molecule has 5 nitrogen and oxygen atoms in total. The van der Waals surface area contributed by atoms with Crippen molar-refractivity contribution < 1.29 is 13.9 Å². The van der Waals surface area contributed by atoms with Crippen molar-refractivity contribution in [2.45, 2.75) is 13.0 Å². The third-order valence-corrected chi connectivity index (χ3v) is 5.12. The van der Waals surface area contributed by atoms with Gasteiger partial charge < -0.3 is 15.0 Å². The molecule has 0 aromatic heterocycles. The predicted molar refractivity (Wildman–Crippen MR) is 99.8 cm³/mol. The summed E-state index contributed by atoms with van der Waals surface area (Å²) < 4.78 is 19.9. The van der Waals surface area contributed by atoms with E-state index in [-0.39, 0.29) is 11.9 Å². The molecule has 2 heterocycles. The van der Waals surface area contributed by atoms with Crippen LogP contribution >= 0.6 is 24.0 Å². The molecule has 130 valence electrons. The van der Waals surface area contributed by atoms with E-state index in [4.69, 9.17) is 17.0 Å². The summed E-state index contributed by atoms with van der Waals surface area (Å²) in [7, 11) is 0. The second-order valence-electron chi connectivity index (χ2n) is 5.76. The highest BCUT2D eigenvalue weighted by atomic mass is 32.2. The molecule has 0 saturated carbocycles. The Balaban J connectivity index is 1.82. The Morgan fingerprint density at radius 1 is 1.46 bits per heavy atom. The fourth-order valence-electron chi connectivity index (χ4n) is 2.90. The van der Waals surface area contributed by atoms with Crippen LogP contribution in [0, 0.1) is 5.82 Å². The highest BCUT2D eigenvalue weighted by Crippen LogP contribution is 2.35. The van der Waals surface area contributed by atoms with Gasteiger partial charge >= 0.3 is 6.09 Å². The van der Waals surface area contributed by atoms with Crippen molar-refractivity contribution in [3.05, 3.63) is 24.0 Å². The number of halogens is 1. The van der Waals surface area contributed by atoms with E-state index in [1.54, 1.807) is 19.1 Å². The largest absolute Gasteiger partial charge is 0.442 e. The molecular formula is C16H20FN3O2S2. The van der Waals surface area contributed by atoms with Gasteiger partial charge in [0.05, 0.1) is 29.5 Å². The van der Waals surface area contributed by atoms with Gasteiger partial charge in [0.1, 0.15) is 11.9 Å². The van der Waals surface area contributed by atoms with Crippen molar-refractivity contribution in [2.24, 2.45) is 0 Å². The number of amides is 1. The Morgan fingerprint density at radius 2 is 2.21 bits per heavy atom. The van der Waals surface area contributed by atoms with E-state index >= 15 is 0 Å². The fourth-order valence-corrected chi connectivity index (χ4v) is 3.89. The van der Waals surface area contributed by atoms with Gasteiger partial charge in [-0.3, -0.25) is 4.90 Å². The molecule has 1 atom stereocenters. The van der Waals surface area contributed by atoms with Crippen LogP contribution in [0.25, 0.3) is 0 Å². The molecule has 24 heavy (non-hydrogen) atoms. The van der Waals surface area contributed by atoms with Crippen molar-refractivity contribution in [1.29, 1.82) is 0 Å². The Hall–Kier alpha value is -1.54. The molecule has 0 spiro atoms. The smallest absolute Gasteiger partial charge is 0.414 e. The van der Waals surface area contributed by atoms with Gasteiger partial charge in [-0.2, -0.15) is 11.8 Å². The van der Waals surface area contributed by atoms with Crippen LogP contribution < -0.4 is 15.1 Å². The summed E-state index contributed by atoms with van der Waals surface area (Å²) in [5.74, 6) is 1.61. The first-order valence-electron chi connectivity index (χ1n) is 7.90. The first kappa shape index (κ1) is 17.3. The van der Waals surface area contributed by atoms with Gasteiger partial charge in [-0.05, 0) is 19.1 Å². The van der Waals surface area contributed by atoms with E-state index in [1.807, 2.05) is 16.7 Å². The molecule has 0 radical (unpaired) electrons. The summed E-state index contributed by atoms with van der Waals surface area (Å²) in [4.78, 5) is 16.5. The third-order valence-electron chi connectivity index (χ3n) is 4.04. The summed E-state index contributed by atoms with van der Waals surface area (Å²) >= 11 is 6.84. The summed E-state index contributed by atoms with van der Waals surface area (Å²) in [5, 5.41) is 3.01. The number of hydrogen-bond acceptors (Lipinski definition) is 5. The lowest BCUT2D eigenvalue weighted by Gasteiger charge is -2.32. The molecule has 2 saturated heterocycles. The molecule has 1 aromatic carbocycles. The molecule has 0 bridgehead atoms. The number of nitrogens with one attached hydrogen (secondary N) is 1. The summed E-state index contributed by atoms with van der Waals surface area (Å²) in [6, 6.07) is 4.85. The molecular weight excluding hydrogens is 349 g/mol. The number of nitrogens with zero attached hydrogens (tertiary/aromatic N) is 2. The molecule has 2 aliphatic rings. The quantitative estimate of drug-likeness (QED) is 0.824. The van der Waals surface area contributed by atoms with E-state index in [1.165, 1.54) is 11.0 Å². The summed E-state index contributed by atoms with van der Waals surface area (Å²) in [5.41, 5.74) is 1.07. The lowest BCUT2D eigenvalue weighted by atomic mass is 10.2. The van der Waals surface area contributed by atoms with E-state index in [0.717, 1.165) is 24.6 Å². The van der Waals surface area contributed by atoms with Crippen LogP contribution in [0.3, 0.4) is 0 Å². The van der Waals surface area contributed by atoms with Crippen LogP contribution in [-0.4, -0.2) is 54.9 Å². The normalized spacial score (nSPS) is 20.9. The number of cyclic esters (lactones) is 1. The van der Waals surface area contributed by atoms with Crippen molar-refractivity contribution >= 4 is 46.4 Å². The number of hydrogen-bond donors (Lipinski definition) is 1. The van der Waals surface area contributed by atoms with Crippen LogP contribution in [0.5, 0.6) is 0 Å². The third kappa shape index (κ3) is 3.75. The monoisotopic (exact) mass is 369 g/mol. The van der Waals surface area contributed by atoms with Crippen molar-refractivity contribution in [3.63, 3.8) is 0 Å². The molecule has 1 aromatic rings. The minimum atomic E-state index is -0.443. The number of para-hydroxylation sites is 1. The van der Waals surface area contributed by atoms with Gasteiger partial charge in [0.2, 0.25) is 0 Å². The molecule has 1 N–H and O–H groups in total. The zero-order chi connectivity index (χ0) is 17.1. The van der Waals surface area contributed by atoms with E-state index in [0.29, 0.717) is 29.5 Å². The van der Waals surface area contributed by atoms with Gasteiger partial charge in [-0.25, -0.2) is 9.18 Å². The SMILES string of the molecule is CC(=S)NC[C@H]1CN(c2cccc(F)c2N2CCSCC2)C(=O)O1. The van der Waals surface area contributed by atoms with Crippen LogP contribution in [0.2, 0.25) is 0 Å². The highest BCUT2D eigenvalue weighted by Gasteiger charge is 2.35. The molecule has 3 rings (SSSR count). The number of carbonyl (C=O) groups excluding carboxylic acids is 1. The Morgan fingerprint density at radius 3 is 2.92 bits per heavy atom. The number of carbonyl (C=O) groups is 1. The maximum atomic E-state index is 14.5. The standard InChI is InChI=1S/C16H20FN3O2S2/c1-11(23)18-9-12-10-20(16(21)22-12)14-4-2-3-13(17)15(14)19-5-7-24-8-6-19/h2-4,12H,5-10H2,1H3,(H,18,23)/t12-/m0/s1. The lowest BCUT2D eigenvalue weighted by Crippen LogP contribution is -2.36. The predicted octanol–water partition coefficient (Wildman–Crippen LogP) is 2.64. The average molecular weight is 369 g/mol. The van der Waals surface area contributed by atoms with Gasteiger partial charge in [0, 0.05) is 24.6 Å². The average Bonchev–Trinajstić information content (AvgIpc) is 2.94. The summed E-state index contributed by atoms with van der Waals surface area (Å²) in [6.45, 7) is 4.17. The first-order valence-corrected chi connectivity index (χ1v) is 9.46. The first-order chi connectivity index (χ1) is 11.6. The molecule has 2 aliphatic heterocycles. The van der Waals surface area contributed by atoms with Gasteiger partial charge in [0.25, 0.3) is 0 Å². The topological polar surface area (TPSA) is 44.8 Å². The molecule has 1 amide bonds. The molecule has 8 heteroatoms. The van der Waals surface area contributed by atoms with E-state index in [2.05, 4.69) is 5.32 Å². The van der Waals surface area contributed by atoms with Crippen molar-refractivity contribution in [3.8, 4) is 0 Å². The van der Waals surface area contributed by atoms with Crippen molar-refractivity contribution in [2.75, 3.05) is 47.5 Å². The maximum Gasteiger partial charge on any atom is 0.414 e. The van der Waals surface area contributed by atoms with E-state index < -0.39 is 6.09 Å². The van der Waals surface area contributed by atoms with Gasteiger partial charge in [-0.1, -0.05) is 18.3 Å². The molecule has 2 fully saturated rings. The fraction of sp³-hybridized carbons (Fsp3) is 0.500. The Kier molecular flexibility index (Phi) is 5.45. The summed E-state index contributed by atoms with van der Waals surface area (Å²) in [6.07, 6.45) is -0.745. The second kappa shape index (κ2) is 7.57. The Bertz CT molecular complexity index is 638. The lowest BCUT2D eigenvalue weighted by molar-refractivity contribution is 0.143. The Labute approximate surface area is 150 Å². The number of thiocarbonyl (C=S) groups is 1. The number of anilines is 2. The second-order valence-corrected chi connectivity index (χ2v) is 7.60. The van der Waals surface area contributed by atoms with Crippen LogP contribution in [0.4, 0.5) is 20.6 Å². The minimum absolute atomic E-state index is 0.302. The number of rotatable bonds is 4. The molecule has 0 unspecified atom stereocenters. The highest BCUT2D eigenvalue weighted by molar-refractivity contribution is 7.99. The van der Waals surface area contributed by atoms with Crippen LogP contribution in [0.1, 0.15) is 6.92 Å². The minimum Gasteiger partial charge on any atom is -0.442 e. The number of benzene rings is 1. The molecule has 0 aliphatic carbocycles. The van der Waals surface area contributed by atoms with Crippen molar-refractivity contribution in [1.82, 2.24) is 5.32 Å². The van der Waals surface area contributed by atoms with Crippen LogP contribution in [-0.2, 0) is 4.74 Å².